The molecular formula is C16H15N3O9P2. The molecule has 0 saturated carbocycles. The number of aldehydes is 1. The number of rotatable bonds is 8. The molecule has 158 valence electrons. The van der Waals surface area contributed by atoms with Gasteiger partial charge >= 0.3 is 15.6 Å². The maximum atomic E-state index is 11.6. The average molecular weight is 455 g/mol. The zero-order chi connectivity index (χ0) is 21.9. The molecule has 0 fully saturated rings. The predicted molar refractivity (Wildman–Crippen MR) is 102 cm³/mol. The summed E-state index contributed by atoms with van der Waals surface area (Å²) < 4.78 is 33.4. The average Bonchev–Trinajstić information content (AvgIpc) is 3.15. The minimum absolute atomic E-state index is 0.0192. The van der Waals surface area contributed by atoms with E-state index in [0.717, 1.165) is 0 Å². The van der Waals surface area contributed by atoms with E-state index in [2.05, 4.69) is 14.6 Å². The molecule has 4 N–H and O–H groups in total. The third-order valence-corrected chi connectivity index (χ3v) is 5.00. The number of phosphoric ester groups is 1. The largest absolute Gasteiger partial charge is 0.524 e. The number of benzene rings is 1. The number of hydrogen-bond acceptors (Lipinski definition) is 7. The number of nitrogens with zero attached hydrogens (tertiary/aromatic N) is 3. The summed E-state index contributed by atoms with van der Waals surface area (Å²) in [6.45, 7) is -0.185. The van der Waals surface area contributed by atoms with Crippen LogP contribution in [-0.4, -0.2) is 40.4 Å². The van der Waals surface area contributed by atoms with Gasteiger partial charge in [-0.2, -0.15) is 9.55 Å². The SMILES string of the molecule is O=Cc1c(OCc2cccnc2-c2ccnn2P(=O)(O)O)cccc1OP(=O)(O)O. The maximum Gasteiger partial charge on any atom is 0.524 e. The molecule has 0 spiro atoms. The van der Waals surface area contributed by atoms with Gasteiger partial charge in [-0.1, -0.05) is 12.1 Å². The Morgan fingerprint density at radius 2 is 1.73 bits per heavy atom. The van der Waals surface area contributed by atoms with Crippen molar-refractivity contribution in [2.24, 2.45) is 0 Å². The maximum absolute atomic E-state index is 11.6. The lowest BCUT2D eigenvalue weighted by Gasteiger charge is -2.15. The molecule has 1 aromatic carbocycles. The fraction of sp³-hybridized carbons (Fsp3) is 0.0625. The molecule has 0 aliphatic heterocycles. The van der Waals surface area contributed by atoms with Crippen molar-refractivity contribution >= 4 is 21.9 Å². The summed E-state index contributed by atoms with van der Waals surface area (Å²) in [6.07, 6.45) is 2.95. The molecule has 0 saturated heterocycles. The summed E-state index contributed by atoms with van der Waals surface area (Å²) in [5, 5.41) is 3.63. The normalized spacial score (nSPS) is 11.9. The van der Waals surface area contributed by atoms with Gasteiger partial charge in [-0.3, -0.25) is 19.6 Å². The van der Waals surface area contributed by atoms with Crippen LogP contribution in [0.1, 0.15) is 15.9 Å². The highest BCUT2D eigenvalue weighted by molar-refractivity contribution is 7.50. The zero-order valence-corrected chi connectivity index (χ0v) is 16.8. The van der Waals surface area contributed by atoms with E-state index in [1.165, 1.54) is 36.7 Å². The van der Waals surface area contributed by atoms with Crippen LogP contribution in [0, 0.1) is 0 Å². The summed E-state index contributed by atoms with van der Waals surface area (Å²) >= 11 is 0. The van der Waals surface area contributed by atoms with E-state index < -0.39 is 15.6 Å². The smallest absolute Gasteiger partial charge is 0.488 e. The Hall–Kier alpha value is -2.85. The molecule has 0 radical (unpaired) electrons. The van der Waals surface area contributed by atoms with Crippen molar-refractivity contribution < 1.29 is 42.8 Å². The third-order valence-electron chi connectivity index (χ3n) is 3.75. The van der Waals surface area contributed by atoms with Crippen LogP contribution in [0.4, 0.5) is 0 Å². The molecule has 30 heavy (non-hydrogen) atoms. The standard InChI is InChI=1S/C16H15N3O9P2/c20-9-12-14(4-1-5-15(12)28-30(24,25)26)27-10-11-3-2-7-17-16(11)13-6-8-18-19(13)29(21,22)23/h1-9H,10H2,(H2,21,22,23)(H2,24,25,26). The minimum Gasteiger partial charge on any atom is -0.488 e. The molecule has 14 heteroatoms. The van der Waals surface area contributed by atoms with Crippen LogP contribution in [0.2, 0.25) is 0 Å². The molecule has 3 rings (SSSR count). The molecule has 0 aliphatic rings. The molecule has 0 aliphatic carbocycles. The second-order valence-electron chi connectivity index (χ2n) is 5.79. The predicted octanol–water partition coefficient (Wildman–Crippen LogP) is 1.75. The Labute approximate surface area is 169 Å². The second kappa shape index (κ2) is 8.49. The Morgan fingerprint density at radius 1 is 1.00 bits per heavy atom. The van der Waals surface area contributed by atoms with Crippen LogP contribution in [0.25, 0.3) is 11.4 Å². The van der Waals surface area contributed by atoms with Gasteiger partial charge in [0.05, 0.1) is 23.1 Å². The van der Waals surface area contributed by atoms with Crippen molar-refractivity contribution in [3.05, 3.63) is 59.9 Å². The third kappa shape index (κ3) is 5.00. The van der Waals surface area contributed by atoms with Crippen molar-refractivity contribution in [1.29, 1.82) is 0 Å². The van der Waals surface area contributed by atoms with Crippen LogP contribution in [-0.2, 0) is 15.7 Å². The molecule has 0 bridgehead atoms. The van der Waals surface area contributed by atoms with E-state index in [1.54, 1.807) is 12.1 Å². The van der Waals surface area contributed by atoms with Gasteiger partial charge in [0.15, 0.2) is 6.29 Å². The monoisotopic (exact) mass is 455 g/mol. The number of carbonyl (C=O) groups excluding carboxylic acids is 1. The number of pyridine rings is 1. The van der Waals surface area contributed by atoms with Crippen LogP contribution in [0.5, 0.6) is 11.5 Å². The summed E-state index contributed by atoms with van der Waals surface area (Å²) in [6, 6.07) is 8.51. The number of aromatic nitrogens is 3. The molecule has 2 heterocycles. The summed E-state index contributed by atoms with van der Waals surface area (Å²) in [5.74, 6) is -0.379. The lowest BCUT2D eigenvalue weighted by atomic mass is 10.1. The van der Waals surface area contributed by atoms with E-state index >= 15 is 0 Å². The van der Waals surface area contributed by atoms with Crippen molar-refractivity contribution in [3.63, 3.8) is 0 Å². The van der Waals surface area contributed by atoms with E-state index in [1.807, 2.05) is 0 Å². The van der Waals surface area contributed by atoms with Gasteiger partial charge in [0, 0.05) is 11.8 Å². The van der Waals surface area contributed by atoms with Gasteiger partial charge in [-0.05, 0) is 24.3 Å². The Kier molecular flexibility index (Phi) is 6.18. The quantitative estimate of drug-likeness (QED) is 0.287. The van der Waals surface area contributed by atoms with Gasteiger partial charge in [0.2, 0.25) is 0 Å². The van der Waals surface area contributed by atoms with Gasteiger partial charge < -0.3 is 19.0 Å². The molecule has 0 amide bonds. The minimum atomic E-state index is -4.89. The van der Waals surface area contributed by atoms with E-state index in [-0.39, 0.29) is 35.1 Å². The van der Waals surface area contributed by atoms with Gasteiger partial charge in [-0.15, -0.1) is 0 Å². The lowest BCUT2D eigenvalue weighted by molar-refractivity contribution is 0.111. The zero-order valence-electron chi connectivity index (χ0n) is 15.0. The molecule has 2 aromatic heterocycles. The first kappa shape index (κ1) is 21.8. The van der Waals surface area contributed by atoms with Crippen LogP contribution < -0.4 is 9.26 Å². The summed E-state index contributed by atoms with van der Waals surface area (Å²) in [5.41, 5.74) is 0.433. The fourth-order valence-corrected chi connectivity index (χ4v) is 3.64. The van der Waals surface area contributed by atoms with E-state index in [4.69, 9.17) is 14.5 Å². The second-order valence-corrected chi connectivity index (χ2v) is 8.36. The first-order chi connectivity index (χ1) is 14.1. The fourth-order valence-electron chi connectivity index (χ4n) is 2.59. The number of phosphoric acid groups is 1. The molecule has 3 aromatic rings. The van der Waals surface area contributed by atoms with Gasteiger partial charge in [-0.25, -0.2) is 9.13 Å². The number of carbonyl (C=O) groups is 1. The van der Waals surface area contributed by atoms with Crippen LogP contribution in [0.3, 0.4) is 0 Å². The highest BCUT2D eigenvalue weighted by Gasteiger charge is 2.24. The highest BCUT2D eigenvalue weighted by Crippen LogP contribution is 2.42. The van der Waals surface area contributed by atoms with E-state index in [0.29, 0.717) is 16.3 Å². The Morgan fingerprint density at radius 3 is 2.40 bits per heavy atom. The molecule has 12 nitrogen and oxygen atoms in total. The Balaban J connectivity index is 1.93. The first-order valence-electron chi connectivity index (χ1n) is 8.11. The molecule has 0 unspecified atom stereocenters. The van der Waals surface area contributed by atoms with Crippen molar-refractivity contribution in [2.75, 3.05) is 0 Å². The first-order valence-corrected chi connectivity index (χ1v) is 11.2. The lowest BCUT2D eigenvalue weighted by Crippen LogP contribution is -2.06. The molecule has 0 atom stereocenters. The van der Waals surface area contributed by atoms with Crippen LogP contribution in [0.15, 0.2) is 48.8 Å². The topological polar surface area (TPSA) is 181 Å². The van der Waals surface area contributed by atoms with Crippen LogP contribution >= 0.6 is 15.6 Å². The van der Waals surface area contributed by atoms with Gasteiger partial charge in [0.1, 0.15) is 18.1 Å². The Bertz CT molecular complexity index is 1170. The van der Waals surface area contributed by atoms with Crippen molar-refractivity contribution in [1.82, 2.24) is 14.5 Å². The number of hydrogen-bond donors (Lipinski definition) is 4. The summed E-state index contributed by atoms with van der Waals surface area (Å²) in [7, 11) is -9.62. The van der Waals surface area contributed by atoms with Gasteiger partial charge in [0.25, 0.3) is 0 Å². The molecular weight excluding hydrogens is 440 g/mol. The van der Waals surface area contributed by atoms with Crippen molar-refractivity contribution in [3.8, 4) is 22.9 Å². The highest BCUT2D eigenvalue weighted by atomic mass is 31.2. The van der Waals surface area contributed by atoms with Crippen molar-refractivity contribution in [2.45, 2.75) is 6.61 Å². The van der Waals surface area contributed by atoms with E-state index in [9.17, 15) is 23.7 Å². The number of ether oxygens (including phenoxy) is 1. The summed E-state index contributed by atoms with van der Waals surface area (Å²) in [4.78, 5) is 52.4.